The van der Waals surface area contributed by atoms with Gasteiger partial charge in [0.1, 0.15) is 6.10 Å². The van der Waals surface area contributed by atoms with Crippen molar-refractivity contribution in [1.29, 1.82) is 0 Å². The second-order valence-electron chi connectivity index (χ2n) is 19.2. The van der Waals surface area contributed by atoms with E-state index in [2.05, 4.69) is 46.9 Å². The van der Waals surface area contributed by atoms with E-state index in [-0.39, 0.29) is 40.2 Å². The van der Waals surface area contributed by atoms with Crippen LogP contribution in [0.4, 0.5) is 0 Å². The first kappa shape index (κ1) is 35.1. The summed E-state index contributed by atoms with van der Waals surface area (Å²) in [6, 6.07) is 0.668. The highest BCUT2D eigenvalue weighted by Crippen LogP contribution is 2.73. The molecule has 47 heavy (non-hydrogen) atoms. The lowest BCUT2D eigenvalue weighted by Gasteiger charge is -2.69. The fraction of sp³-hybridized carbons (Fsp3) is 0.878. The number of carboxylic acids is 1. The molecule has 0 bridgehead atoms. The summed E-state index contributed by atoms with van der Waals surface area (Å²) in [6.45, 7) is 18.6. The van der Waals surface area contributed by atoms with Crippen molar-refractivity contribution in [3.8, 4) is 0 Å². The van der Waals surface area contributed by atoms with Crippen LogP contribution < -0.4 is 5.32 Å². The Bertz CT molecular complexity index is 1290. The number of allylic oxidation sites excluding steroid dienone is 2. The summed E-state index contributed by atoms with van der Waals surface area (Å²) in [5, 5.41) is 13.5. The Morgan fingerprint density at radius 3 is 2.26 bits per heavy atom. The number of carbonyl (C=O) groups is 3. The Balaban J connectivity index is 1.23. The Kier molecular flexibility index (Phi) is 9.17. The van der Waals surface area contributed by atoms with Crippen LogP contribution in [0.1, 0.15) is 152 Å². The van der Waals surface area contributed by atoms with Crippen LogP contribution in [0.5, 0.6) is 0 Å². The Hall–Kier alpha value is -1.69. The Labute approximate surface area is 285 Å². The molecule has 8 atom stereocenters. The first-order chi connectivity index (χ1) is 22.0. The molecule has 6 heteroatoms. The zero-order valence-corrected chi connectivity index (χ0v) is 30.9. The minimum atomic E-state index is -1.13. The molecule has 5 fully saturated rings. The molecule has 0 heterocycles. The zero-order valence-electron chi connectivity index (χ0n) is 30.9. The Morgan fingerprint density at radius 2 is 1.60 bits per heavy atom. The average molecular weight is 652 g/mol. The highest BCUT2D eigenvalue weighted by Gasteiger charge is 2.66. The summed E-state index contributed by atoms with van der Waals surface area (Å²) < 4.78 is 6.16. The molecule has 264 valence electrons. The van der Waals surface area contributed by atoms with Gasteiger partial charge in [0.15, 0.2) is 5.78 Å². The number of esters is 1. The van der Waals surface area contributed by atoms with Crippen LogP contribution in [0.15, 0.2) is 11.1 Å². The number of hydrogen-bond acceptors (Lipinski definition) is 5. The minimum Gasteiger partial charge on any atom is -0.481 e. The van der Waals surface area contributed by atoms with Crippen LogP contribution in [0.25, 0.3) is 0 Å². The zero-order chi connectivity index (χ0) is 34.2. The molecule has 5 saturated carbocycles. The minimum absolute atomic E-state index is 0.0624. The second-order valence-corrected chi connectivity index (χ2v) is 19.2. The van der Waals surface area contributed by atoms with Crippen LogP contribution in [0.2, 0.25) is 0 Å². The third kappa shape index (κ3) is 5.76. The van der Waals surface area contributed by atoms with E-state index in [9.17, 15) is 19.5 Å². The molecule has 2 N–H and O–H groups in total. The van der Waals surface area contributed by atoms with E-state index in [0.29, 0.717) is 41.4 Å². The van der Waals surface area contributed by atoms with Crippen molar-refractivity contribution in [1.82, 2.24) is 5.32 Å². The third-order valence-electron chi connectivity index (χ3n) is 15.5. The van der Waals surface area contributed by atoms with Gasteiger partial charge >= 0.3 is 11.9 Å². The maximum absolute atomic E-state index is 13.8. The topological polar surface area (TPSA) is 92.7 Å². The molecule has 0 radical (unpaired) electrons. The maximum Gasteiger partial charge on any atom is 0.309 e. The Morgan fingerprint density at radius 1 is 0.915 bits per heavy atom. The quantitative estimate of drug-likeness (QED) is 0.242. The molecule has 8 unspecified atom stereocenters. The predicted molar refractivity (Wildman–Crippen MR) is 186 cm³/mol. The second kappa shape index (κ2) is 12.3. The average Bonchev–Trinajstić information content (AvgIpc) is 3.59. The van der Waals surface area contributed by atoms with Crippen molar-refractivity contribution < 1.29 is 24.2 Å². The molecule has 0 aliphatic heterocycles. The molecule has 6 aliphatic carbocycles. The number of carbonyl (C=O) groups excluding carboxylic acids is 2. The lowest BCUT2D eigenvalue weighted by atomic mass is 9.36. The fourth-order valence-electron chi connectivity index (χ4n) is 13.2. The molecular formula is C41H65NO5. The lowest BCUT2D eigenvalue weighted by molar-refractivity contribution is -0.213. The standard InChI is InChI=1S/C41H65NO5/c1-25(2)34-29(43)23-41(21-22-42-26-11-9-10-12-26)20-15-28-27(35(34)41)13-14-31-39(28,7)18-16-30-38(5,6)32(17-19-40(30,31)8)47-33(44)24-37(3,4)36(45)46/h25-28,30-32,42H,9-24H2,1-8H3,(H,45,46). The number of fused-ring (bicyclic) bond motifs is 7. The number of nitrogens with one attached hydrogen (secondary N) is 1. The van der Waals surface area contributed by atoms with Gasteiger partial charge in [-0.3, -0.25) is 14.4 Å². The van der Waals surface area contributed by atoms with Gasteiger partial charge in [-0.1, -0.05) is 60.0 Å². The van der Waals surface area contributed by atoms with Gasteiger partial charge in [-0.2, -0.15) is 0 Å². The van der Waals surface area contributed by atoms with Gasteiger partial charge < -0.3 is 15.2 Å². The van der Waals surface area contributed by atoms with E-state index in [1.54, 1.807) is 19.4 Å². The number of carboxylic acid groups (broad SMARTS) is 1. The molecule has 6 rings (SSSR count). The molecular weight excluding hydrogens is 586 g/mol. The summed E-state index contributed by atoms with van der Waals surface area (Å²) in [6.07, 6.45) is 15.9. The predicted octanol–water partition coefficient (Wildman–Crippen LogP) is 8.91. The molecule has 0 saturated heterocycles. The van der Waals surface area contributed by atoms with Gasteiger partial charge in [0.25, 0.3) is 0 Å². The molecule has 0 aromatic carbocycles. The number of rotatable bonds is 9. The molecule has 0 aromatic rings. The monoisotopic (exact) mass is 651 g/mol. The molecule has 6 aliphatic rings. The van der Waals surface area contributed by atoms with Crippen LogP contribution in [0, 0.1) is 56.7 Å². The summed E-state index contributed by atoms with van der Waals surface area (Å²) in [7, 11) is 0. The van der Waals surface area contributed by atoms with Crippen molar-refractivity contribution >= 4 is 17.7 Å². The number of aliphatic carboxylic acids is 1. The number of ketones is 1. The van der Waals surface area contributed by atoms with Crippen LogP contribution in [0.3, 0.4) is 0 Å². The molecule has 6 nitrogen and oxygen atoms in total. The van der Waals surface area contributed by atoms with Crippen molar-refractivity contribution in [2.24, 2.45) is 56.7 Å². The van der Waals surface area contributed by atoms with Crippen LogP contribution >= 0.6 is 0 Å². The van der Waals surface area contributed by atoms with Crippen molar-refractivity contribution in [2.45, 2.75) is 164 Å². The third-order valence-corrected chi connectivity index (χ3v) is 15.5. The van der Waals surface area contributed by atoms with E-state index in [0.717, 1.165) is 45.1 Å². The van der Waals surface area contributed by atoms with Gasteiger partial charge in [-0.05, 0) is 137 Å². The largest absolute Gasteiger partial charge is 0.481 e. The fourth-order valence-corrected chi connectivity index (χ4v) is 13.2. The number of hydrogen-bond donors (Lipinski definition) is 2. The first-order valence-corrected chi connectivity index (χ1v) is 19.4. The van der Waals surface area contributed by atoms with Gasteiger partial charge in [-0.15, -0.1) is 0 Å². The van der Waals surface area contributed by atoms with Gasteiger partial charge in [0.05, 0.1) is 11.8 Å². The molecule has 0 spiro atoms. The summed E-state index contributed by atoms with van der Waals surface area (Å²) in [5.41, 5.74) is 1.99. The lowest BCUT2D eigenvalue weighted by Crippen LogP contribution is -2.63. The summed E-state index contributed by atoms with van der Waals surface area (Å²) in [5.74, 6) is 1.61. The van der Waals surface area contributed by atoms with Crippen LogP contribution in [-0.2, 0) is 19.1 Å². The van der Waals surface area contributed by atoms with Crippen molar-refractivity contribution in [3.05, 3.63) is 11.1 Å². The van der Waals surface area contributed by atoms with Gasteiger partial charge in [0.2, 0.25) is 0 Å². The van der Waals surface area contributed by atoms with Crippen LogP contribution in [-0.4, -0.2) is 41.5 Å². The van der Waals surface area contributed by atoms with E-state index < -0.39 is 11.4 Å². The van der Waals surface area contributed by atoms with Crippen molar-refractivity contribution in [2.75, 3.05) is 6.54 Å². The smallest absolute Gasteiger partial charge is 0.309 e. The van der Waals surface area contributed by atoms with E-state index in [1.807, 2.05) is 0 Å². The van der Waals surface area contributed by atoms with E-state index in [1.165, 1.54) is 56.9 Å². The van der Waals surface area contributed by atoms with Crippen molar-refractivity contribution in [3.63, 3.8) is 0 Å². The van der Waals surface area contributed by atoms with E-state index >= 15 is 0 Å². The van der Waals surface area contributed by atoms with E-state index in [4.69, 9.17) is 4.74 Å². The van der Waals surface area contributed by atoms with Gasteiger partial charge in [-0.25, -0.2) is 0 Å². The molecule has 0 amide bonds. The summed E-state index contributed by atoms with van der Waals surface area (Å²) >= 11 is 0. The highest BCUT2D eigenvalue weighted by atomic mass is 16.5. The SMILES string of the molecule is CC(C)C1=C2C3CCC4C(C)(CCC5C(C)(C)C(OC(=O)CC(C)(C)C(=O)O)CCC54C)C3CCC2(CCNC2CCCC2)CC1=O. The normalized spacial score (nSPS) is 40.1. The first-order valence-electron chi connectivity index (χ1n) is 19.4. The highest BCUT2D eigenvalue weighted by molar-refractivity contribution is 6.00. The van der Waals surface area contributed by atoms with Gasteiger partial charge in [0, 0.05) is 23.3 Å². The molecule has 0 aromatic heterocycles. The number of Topliss-reactive ketones (excluding diaryl/α,β-unsaturated/α-hetero) is 1. The number of ether oxygens (including phenoxy) is 1. The maximum atomic E-state index is 13.8. The summed E-state index contributed by atoms with van der Waals surface area (Å²) in [4.78, 5) is 38.5.